The minimum Gasteiger partial charge on any atom is -0.351 e. The lowest BCUT2D eigenvalue weighted by Crippen LogP contribution is -2.33. The summed E-state index contributed by atoms with van der Waals surface area (Å²) in [5.41, 5.74) is 2.53. The predicted octanol–water partition coefficient (Wildman–Crippen LogP) is 4.71. The maximum Gasteiger partial charge on any atom is 0.262 e. The fourth-order valence-corrected chi connectivity index (χ4v) is 5.13. The van der Waals surface area contributed by atoms with Gasteiger partial charge in [-0.1, -0.05) is 29.4 Å². The van der Waals surface area contributed by atoms with E-state index in [2.05, 4.69) is 20.5 Å². The molecule has 2 aliphatic rings. The number of nitrogens with one attached hydrogen (secondary N) is 2. The van der Waals surface area contributed by atoms with E-state index in [9.17, 15) is 14.4 Å². The standard InChI is InChI=1S/C24H25ClN4O3S/c1-15-5-10-19(18(25)13-15)27-22(31)16-6-8-17(9-7-16)26-21(30)14-20-23(32)28-24(33-20)29-11-3-2-4-12-29/h5-10,13,20H,2-4,11-12,14H2,1H3,(H,26,30)(H,27,31). The maximum absolute atomic E-state index is 12.5. The average molecular weight is 485 g/mol. The van der Waals surface area contributed by atoms with Gasteiger partial charge >= 0.3 is 0 Å². The molecule has 2 aromatic rings. The van der Waals surface area contributed by atoms with Crippen LogP contribution in [0.5, 0.6) is 0 Å². The monoisotopic (exact) mass is 484 g/mol. The number of likely N-dealkylation sites (tertiary alicyclic amines) is 1. The van der Waals surface area contributed by atoms with Crippen molar-refractivity contribution in [2.75, 3.05) is 23.7 Å². The predicted molar refractivity (Wildman–Crippen MR) is 133 cm³/mol. The van der Waals surface area contributed by atoms with Crippen molar-refractivity contribution in [1.82, 2.24) is 4.90 Å². The molecule has 4 rings (SSSR count). The van der Waals surface area contributed by atoms with Crippen molar-refractivity contribution in [2.45, 2.75) is 37.9 Å². The third-order valence-electron chi connectivity index (χ3n) is 5.53. The van der Waals surface area contributed by atoms with Gasteiger partial charge in [0.25, 0.3) is 11.8 Å². The van der Waals surface area contributed by atoms with E-state index in [-0.39, 0.29) is 24.1 Å². The molecular formula is C24H25ClN4O3S. The van der Waals surface area contributed by atoms with Crippen LogP contribution in [0.2, 0.25) is 5.02 Å². The molecule has 7 nitrogen and oxygen atoms in total. The number of carbonyl (C=O) groups is 3. The van der Waals surface area contributed by atoms with Crippen molar-refractivity contribution in [3.05, 3.63) is 58.6 Å². The van der Waals surface area contributed by atoms with Crippen LogP contribution in [0.1, 0.15) is 41.6 Å². The Morgan fingerprint density at radius 3 is 2.52 bits per heavy atom. The Bertz CT molecular complexity index is 1100. The van der Waals surface area contributed by atoms with Crippen molar-refractivity contribution in [1.29, 1.82) is 0 Å². The van der Waals surface area contributed by atoms with Crippen LogP contribution in [0.3, 0.4) is 0 Å². The summed E-state index contributed by atoms with van der Waals surface area (Å²) in [7, 11) is 0. The summed E-state index contributed by atoms with van der Waals surface area (Å²) in [6.45, 7) is 3.74. The third-order valence-corrected chi connectivity index (χ3v) is 7.06. The summed E-state index contributed by atoms with van der Waals surface area (Å²) in [6, 6.07) is 12.0. The summed E-state index contributed by atoms with van der Waals surface area (Å²) in [5.74, 6) is -0.814. The van der Waals surface area contributed by atoms with Crippen LogP contribution in [0, 0.1) is 6.92 Å². The first-order valence-corrected chi connectivity index (χ1v) is 12.2. The summed E-state index contributed by atoms with van der Waals surface area (Å²) < 4.78 is 0. The second kappa shape index (κ2) is 10.4. The van der Waals surface area contributed by atoms with Crippen LogP contribution in [0.25, 0.3) is 0 Å². The number of carbonyl (C=O) groups excluding carboxylic acids is 3. The topological polar surface area (TPSA) is 90.9 Å². The zero-order valence-corrected chi connectivity index (χ0v) is 19.8. The number of rotatable bonds is 5. The average Bonchev–Trinajstić information content (AvgIpc) is 3.16. The molecule has 0 bridgehead atoms. The summed E-state index contributed by atoms with van der Waals surface area (Å²) in [6.07, 6.45) is 3.46. The fraction of sp³-hybridized carbons (Fsp3) is 0.333. The first kappa shape index (κ1) is 23.3. The molecule has 3 amide bonds. The lowest BCUT2D eigenvalue weighted by atomic mass is 10.1. The van der Waals surface area contributed by atoms with Gasteiger partial charge in [0.1, 0.15) is 5.25 Å². The number of anilines is 2. The van der Waals surface area contributed by atoms with Gasteiger partial charge in [0, 0.05) is 30.8 Å². The van der Waals surface area contributed by atoms with Crippen LogP contribution < -0.4 is 10.6 Å². The van der Waals surface area contributed by atoms with E-state index in [0.29, 0.717) is 22.0 Å². The van der Waals surface area contributed by atoms with Crippen LogP contribution >= 0.6 is 23.4 Å². The fourth-order valence-electron chi connectivity index (χ4n) is 3.73. The number of aryl methyl sites for hydroxylation is 1. The Labute approximate surface area is 202 Å². The molecule has 2 heterocycles. The zero-order chi connectivity index (χ0) is 23.4. The molecule has 33 heavy (non-hydrogen) atoms. The number of hydrogen-bond acceptors (Lipinski definition) is 5. The number of benzene rings is 2. The molecule has 0 radical (unpaired) electrons. The number of halogens is 1. The SMILES string of the molecule is Cc1ccc(NC(=O)c2ccc(NC(=O)CC3SC(N4CCCCC4)=NC3=O)cc2)c(Cl)c1. The van der Waals surface area contributed by atoms with Gasteiger partial charge in [-0.25, -0.2) is 0 Å². The highest BCUT2D eigenvalue weighted by Crippen LogP contribution is 2.29. The largest absolute Gasteiger partial charge is 0.351 e. The van der Waals surface area contributed by atoms with E-state index >= 15 is 0 Å². The van der Waals surface area contributed by atoms with Gasteiger partial charge in [0.15, 0.2) is 5.17 Å². The van der Waals surface area contributed by atoms with E-state index in [0.717, 1.165) is 36.7 Å². The molecule has 2 N–H and O–H groups in total. The van der Waals surface area contributed by atoms with Crippen LogP contribution in [0.4, 0.5) is 11.4 Å². The Kier molecular flexibility index (Phi) is 7.35. The molecule has 9 heteroatoms. The molecule has 2 aliphatic heterocycles. The Morgan fingerprint density at radius 1 is 1.09 bits per heavy atom. The number of aliphatic imine (C=N–C) groups is 1. The van der Waals surface area contributed by atoms with Crippen molar-refractivity contribution >= 4 is 57.6 Å². The number of nitrogens with zero attached hydrogens (tertiary/aromatic N) is 2. The van der Waals surface area contributed by atoms with Gasteiger partial charge < -0.3 is 15.5 Å². The van der Waals surface area contributed by atoms with Gasteiger partial charge in [0.05, 0.1) is 10.7 Å². The van der Waals surface area contributed by atoms with Crippen molar-refractivity contribution in [3.63, 3.8) is 0 Å². The third kappa shape index (κ3) is 5.94. The van der Waals surface area contributed by atoms with Gasteiger partial charge in [-0.05, 0) is 68.1 Å². The van der Waals surface area contributed by atoms with E-state index in [1.165, 1.54) is 18.2 Å². The lowest BCUT2D eigenvalue weighted by molar-refractivity contribution is -0.121. The molecule has 1 fully saturated rings. The highest BCUT2D eigenvalue weighted by molar-refractivity contribution is 8.15. The quantitative estimate of drug-likeness (QED) is 0.641. The highest BCUT2D eigenvalue weighted by Gasteiger charge is 2.33. The van der Waals surface area contributed by atoms with E-state index < -0.39 is 5.25 Å². The van der Waals surface area contributed by atoms with Crippen LogP contribution in [-0.4, -0.2) is 46.1 Å². The number of amides is 3. The molecule has 0 saturated carbocycles. The van der Waals surface area contributed by atoms with E-state index in [4.69, 9.17) is 11.6 Å². The maximum atomic E-state index is 12.5. The normalized spacial score (nSPS) is 18.1. The molecule has 2 aromatic carbocycles. The summed E-state index contributed by atoms with van der Waals surface area (Å²) >= 11 is 7.55. The smallest absolute Gasteiger partial charge is 0.262 e. The Hall–Kier alpha value is -2.84. The Morgan fingerprint density at radius 2 is 1.82 bits per heavy atom. The van der Waals surface area contributed by atoms with Gasteiger partial charge in [-0.15, -0.1) is 0 Å². The molecule has 172 valence electrons. The lowest BCUT2D eigenvalue weighted by Gasteiger charge is -2.27. The molecule has 0 aliphatic carbocycles. The van der Waals surface area contributed by atoms with Gasteiger partial charge in [-0.2, -0.15) is 4.99 Å². The molecule has 0 aromatic heterocycles. The van der Waals surface area contributed by atoms with Crippen LogP contribution in [-0.2, 0) is 9.59 Å². The number of piperidine rings is 1. The van der Waals surface area contributed by atoms with Crippen molar-refractivity contribution in [2.24, 2.45) is 4.99 Å². The molecule has 0 spiro atoms. The first-order valence-electron chi connectivity index (χ1n) is 10.9. The van der Waals surface area contributed by atoms with E-state index in [1.54, 1.807) is 36.4 Å². The minimum atomic E-state index is -0.494. The zero-order valence-electron chi connectivity index (χ0n) is 18.3. The summed E-state index contributed by atoms with van der Waals surface area (Å²) in [4.78, 5) is 43.5. The van der Waals surface area contributed by atoms with Crippen molar-refractivity contribution in [3.8, 4) is 0 Å². The molecule has 1 saturated heterocycles. The first-order chi connectivity index (χ1) is 15.9. The van der Waals surface area contributed by atoms with Crippen molar-refractivity contribution < 1.29 is 14.4 Å². The van der Waals surface area contributed by atoms with Crippen LogP contribution in [0.15, 0.2) is 47.5 Å². The second-order valence-electron chi connectivity index (χ2n) is 8.15. The van der Waals surface area contributed by atoms with E-state index in [1.807, 2.05) is 13.0 Å². The number of hydrogen-bond donors (Lipinski definition) is 2. The molecule has 1 unspecified atom stereocenters. The second-order valence-corrected chi connectivity index (χ2v) is 9.73. The number of amidine groups is 1. The molecule has 1 atom stereocenters. The van der Waals surface area contributed by atoms with Gasteiger partial charge in [0.2, 0.25) is 5.91 Å². The Balaban J connectivity index is 1.29. The van der Waals surface area contributed by atoms with Gasteiger partial charge in [-0.3, -0.25) is 14.4 Å². The minimum absolute atomic E-state index is 0.0541. The number of thioether (sulfide) groups is 1. The molecular weight excluding hydrogens is 460 g/mol. The summed E-state index contributed by atoms with van der Waals surface area (Å²) in [5, 5.41) is 6.29. The highest BCUT2D eigenvalue weighted by atomic mass is 35.5.